The number of nitrogens with zero attached hydrogens (tertiary/aromatic N) is 1. The number of ether oxygens (including phenoxy) is 1. The van der Waals surface area contributed by atoms with Gasteiger partial charge in [-0.1, -0.05) is 11.9 Å². The molecule has 0 bridgehead atoms. The molecule has 0 saturated heterocycles. The molecule has 0 radical (unpaired) electrons. The van der Waals surface area contributed by atoms with Crippen molar-refractivity contribution in [1.82, 2.24) is 4.31 Å². The lowest BCUT2D eigenvalue weighted by atomic mass is 10.3. The number of esters is 1. The third kappa shape index (κ3) is 9.83. The number of carbonyl (C=O) groups is 1. The van der Waals surface area contributed by atoms with Gasteiger partial charge in [-0.05, 0) is 33.5 Å². The van der Waals surface area contributed by atoms with Crippen molar-refractivity contribution < 1.29 is 9.53 Å². The second-order valence-corrected chi connectivity index (χ2v) is 4.51. The highest BCUT2D eigenvalue weighted by atomic mass is 32.2. The molecule has 0 saturated carbocycles. The number of hydrogen-bond donors (Lipinski definition) is 1. The Hall–Kier alpha value is -0.260. The van der Waals surface area contributed by atoms with E-state index < -0.39 is 0 Å². The molecule has 4 nitrogen and oxygen atoms in total. The molecule has 0 spiro atoms. The third-order valence-corrected chi connectivity index (χ3v) is 2.47. The number of carbonyl (C=O) groups excluding carboxylic acids is 1. The summed E-state index contributed by atoms with van der Waals surface area (Å²) in [7, 11) is 3.98. The molecule has 14 heavy (non-hydrogen) atoms. The first-order valence-electron chi connectivity index (χ1n) is 4.82. The van der Waals surface area contributed by atoms with Crippen LogP contribution in [-0.4, -0.2) is 43.3 Å². The van der Waals surface area contributed by atoms with Crippen molar-refractivity contribution in [2.75, 3.05) is 33.0 Å². The Balaban J connectivity index is 3.18. The highest BCUT2D eigenvalue weighted by Crippen LogP contribution is 2.07. The Kier molecular flexibility index (Phi) is 9.13. The third-order valence-electron chi connectivity index (χ3n) is 1.49. The van der Waals surface area contributed by atoms with E-state index in [2.05, 4.69) is 0 Å². The van der Waals surface area contributed by atoms with E-state index in [1.54, 1.807) is 11.9 Å². The second-order valence-electron chi connectivity index (χ2n) is 3.11. The van der Waals surface area contributed by atoms with E-state index >= 15 is 0 Å². The van der Waals surface area contributed by atoms with Crippen molar-refractivity contribution in [2.24, 2.45) is 5.73 Å². The van der Waals surface area contributed by atoms with Crippen LogP contribution in [-0.2, 0) is 9.53 Å². The van der Waals surface area contributed by atoms with Gasteiger partial charge < -0.3 is 10.5 Å². The van der Waals surface area contributed by atoms with Crippen molar-refractivity contribution in [2.45, 2.75) is 19.3 Å². The standard InChI is InChI=1S/C9H20N2O2S/c1-11(2)14-8-3-5-9(12)13-7-4-6-10/h3-8,10H2,1-2H3. The average molecular weight is 220 g/mol. The SMILES string of the molecule is CN(C)SCCCC(=O)OCCCN. The molecular formula is C9H20N2O2S. The summed E-state index contributed by atoms with van der Waals surface area (Å²) in [6, 6.07) is 0. The number of hydrogen-bond acceptors (Lipinski definition) is 5. The summed E-state index contributed by atoms with van der Waals surface area (Å²) in [5, 5.41) is 0. The normalized spacial score (nSPS) is 10.6. The van der Waals surface area contributed by atoms with Crippen LogP contribution in [0.4, 0.5) is 0 Å². The monoisotopic (exact) mass is 220 g/mol. The highest BCUT2D eigenvalue weighted by molar-refractivity contribution is 7.96. The molecule has 0 aliphatic rings. The Labute approximate surface area is 90.3 Å². The van der Waals surface area contributed by atoms with Gasteiger partial charge in [0.1, 0.15) is 0 Å². The first-order chi connectivity index (χ1) is 6.66. The van der Waals surface area contributed by atoms with Crippen LogP contribution < -0.4 is 5.73 Å². The summed E-state index contributed by atoms with van der Waals surface area (Å²) in [6.07, 6.45) is 2.12. The molecule has 84 valence electrons. The maximum absolute atomic E-state index is 11.1. The number of rotatable bonds is 8. The molecular weight excluding hydrogens is 200 g/mol. The molecule has 0 aliphatic heterocycles. The van der Waals surface area contributed by atoms with Gasteiger partial charge in [0.25, 0.3) is 0 Å². The summed E-state index contributed by atoms with van der Waals surface area (Å²) in [5.74, 6) is 0.844. The van der Waals surface area contributed by atoms with Crippen LogP contribution in [0, 0.1) is 0 Å². The van der Waals surface area contributed by atoms with Gasteiger partial charge in [-0.2, -0.15) is 0 Å². The van der Waals surface area contributed by atoms with Gasteiger partial charge in [-0.3, -0.25) is 9.10 Å². The van der Waals surface area contributed by atoms with Crippen LogP contribution in [0.25, 0.3) is 0 Å². The molecule has 5 heteroatoms. The Morgan fingerprint density at radius 3 is 2.71 bits per heavy atom. The number of nitrogens with two attached hydrogens (primary N) is 1. The fraction of sp³-hybridized carbons (Fsp3) is 0.889. The second kappa shape index (κ2) is 9.30. The molecule has 2 N–H and O–H groups in total. The molecule has 0 amide bonds. The zero-order valence-corrected chi connectivity index (χ0v) is 9.81. The minimum absolute atomic E-state index is 0.113. The highest BCUT2D eigenvalue weighted by Gasteiger charge is 2.02. The fourth-order valence-electron chi connectivity index (χ4n) is 0.805. The molecule has 0 atom stereocenters. The Bertz CT molecular complexity index is 154. The van der Waals surface area contributed by atoms with Gasteiger partial charge in [0.05, 0.1) is 6.61 Å². The van der Waals surface area contributed by atoms with Gasteiger partial charge in [-0.15, -0.1) is 0 Å². The van der Waals surface area contributed by atoms with E-state index in [0.717, 1.165) is 18.6 Å². The molecule has 0 aromatic rings. The molecule has 0 fully saturated rings. The van der Waals surface area contributed by atoms with E-state index in [4.69, 9.17) is 10.5 Å². The molecule has 0 rings (SSSR count). The minimum atomic E-state index is -0.113. The predicted molar refractivity (Wildman–Crippen MR) is 60.0 cm³/mol. The molecule has 0 unspecified atom stereocenters. The maximum Gasteiger partial charge on any atom is 0.305 e. The lowest BCUT2D eigenvalue weighted by Gasteiger charge is -2.07. The van der Waals surface area contributed by atoms with Crippen molar-refractivity contribution in [1.29, 1.82) is 0 Å². The zero-order chi connectivity index (χ0) is 10.8. The molecule has 0 aromatic carbocycles. The summed E-state index contributed by atoms with van der Waals surface area (Å²) < 4.78 is 6.98. The van der Waals surface area contributed by atoms with Gasteiger partial charge in [0.2, 0.25) is 0 Å². The summed E-state index contributed by atoms with van der Waals surface area (Å²) in [5.41, 5.74) is 5.27. The Morgan fingerprint density at radius 2 is 2.14 bits per heavy atom. The minimum Gasteiger partial charge on any atom is -0.466 e. The van der Waals surface area contributed by atoms with Gasteiger partial charge in [-0.25, -0.2) is 0 Å². The van der Waals surface area contributed by atoms with E-state index in [-0.39, 0.29) is 5.97 Å². The van der Waals surface area contributed by atoms with Crippen LogP contribution in [0.1, 0.15) is 19.3 Å². The average Bonchev–Trinajstić information content (AvgIpc) is 2.13. The maximum atomic E-state index is 11.1. The lowest BCUT2D eigenvalue weighted by molar-refractivity contribution is -0.143. The van der Waals surface area contributed by atoms with Gasteiger partial charge >= 0.3 is 5.97 Å². The van der Waals surface area contributed by atoms with Crippen LogP contribution in [0.3, 0.4) is 0 Å². The quantitative estimate of drug-likeness (QED) is 0.374. The van der Waals surface area contributed by atoms with Crippen LogP contribution in [0.2, 0.25) is 0 Å². The Morgan fingerprint density at radius 1 is 1.43 bits per heavy atom. The zero-order valence-electron chi connectivity index (χ0n) is 8.99. The summed E-state index contributed by atoms with van der Waals surface area (Å²) in [4.78, 5) is 11.1. The fourth-order valence-corrected chi connectivity index (χ4v) is 1.44. The largest absolute Gasteiger partial charge is 0.466 e. The first kappa shape index (κ1) is 13.7. The van der Waals surface area contributed by atoms with Crippen molar-refractivity contribution >= 4 is 17.9 Å². The van der Waals surface area contributed by atoms with E-state index in [9.17, 15) is 4.79 Å². The smallest absolute Gasteiger partial charge is 0.305 e. The van der Waals surface area contributed by atoms with Gasteiger partial charge in [0.15, 0.2) is 0 Å². The summed E-state index contributed by atoms with van der Waals surface area (Å²) in [6.45, 7) is 1.03. The first-order valence-corrected chi connectivity index (χ1v) is 5.77. The predicted octanol–water partition coefficient (Wildman–Crippen LogP) is 0.868. The van der Waals surface area contributed by atoms with Crippen molar-refractivity contribution in [3.63, 3.8) is 0 Å². The van der Waals surface area contributed by atoms with Crippen molar-refractivity contribution in [3.8, 4) is 0 Å². The molecule has 0 heterocycles. The van der Waals surface area contributed by atoms with E-state index in [1.807, 2.05) is 18.4 Å². The molecule has 0 aromatic heterocycles. The van der Waals surface area contributed by atoms with E-state index in [1.165, 1.54) is 0 Å². The van der Waals surface area contributed by atoms with Crippen LogP contribution in [0.5, 0.6) is 0 Å². The summed E-state index contributed by atoms with van der Waals surface area (Å²) >= 11 is 1.71. The van der Waals surface area contributed by atoms with Crippen LogP contribution in [0.15, 0.2) is 0 Å². The van der Waals surface area contributed by atoms with Gasteiger partial charge in [0, 0.05) is 12.2 Å². The topological polar surface area (TPSA) is 55.6 Å². The lowest BCUT2D eigenvalue weighted by Crippen LogP contribution is -2.10. The van der Waals surface area contributed by atoms with Crippen LogP contribution >= 0.6 is 11.9 Å². The van der Waals surface area contributed by atoms with E-state index in [0.29, 0.717) is 19.6 Å². The molecule has 0 aliphatic carbocycles. The van der Waals surface area contributed by atoms with Crippen molar-refractivity contribution in [3.05, 3.63) is 0 Å².